The van der Waals surface area contributed by atoms with Gasteiger partial charge < -0.3 is 15.2 Å². The molecule has 0 radical (unpaired) electrons. The topological polar surface area (TPSA) is 41.5 Å². The number of anilines is 1. The van der Waals surface area contributed by atoms with E-state index in [0.29, 0.717) is 12.2 Å². The van der Waals surface area contributed by atoms with Crippen molar-refractivity contribution in [2.75, 3.05) is 18.5 Å². The second kappa shape index (κ2) is 5.48. The maximum atomic E-state index is 12.0. The van der Waals surface area contributed by atoms with E-state index in [1.54, 1.807) is 6.07 Å². The quantitative estimate of drug-likeness (QED) is 0.858. The van der Waals surface area contributed by atoms with Crippen LogP contribution in [-0.2, 0) is 0 Å². The van der Waals surface area contributed by atoms with Crippen molar-refractivity contribution in [3.8, 4) is 5.75 Å². The van der Waals surface area contributed by atoms with E-state index in [4.69, 9.17) is 5.11 Å². The van der Waals surface area contributed by atoms with Crippen molar-refractivity contribution in [3.63, 3.8) is 0 Å². The van der Waals surface area contributed by atoms with Gasteiger partial charge in [0.2, 0.25) is 0 Å². The Kier molecular flexibility index (Phi) is 4.45. The number of nitrogens with one attached hydrogen (secondary N) is 1. The number of hydrogen-bond donors (Lipinski definition) is 2. The Morgan fingerprint density at radius 1 is 1.28 bits per heavy atom. The van der Waals surface area contributed by atoms with Crippen molar-refractivity contribution in [2.45, 2.75) is 20.2 Å². The first-order valence-corrected chi connectivity index (χ1v) is 5.42. The summed E-state index contributed by atoms with van der Waals surface area (Å²) in [5, 5.41) is 12.0. The fourth-order valence-corrected chi connectivity index (χ4v) is 1.20. The fraction of sp³-hybridized carbons (Fsp3) is 0.500. The highest BCUT2D eigenvalue weighted by Crippen LogP contribution is 2.25. The van der Waals surface area contributed by atoms with E-state index in [2.05, 4.69) is 10.1 Å². The van der Waals surface area contributed by atoms with E-state index >= 15 is 0 Å². The molecule has 18 heavy (non-hydrogen) atoms. The summed E-state index contributed by atoms with van der Waals surface area (Å²) in [5.41, 5.74) is 0.166. The summed E-state index contributed by atoms with van der Waals surface area (Å²) < 4.78 is 39.9. The van der Waals surface area contributed by atoms with Gasteiger partial charge in [0.15, 0.2) is 0 Å². The standard InChI is InChI=1S/C12H16F3NO2/c1-11(2,8-17)7-16-9-4-3-5-10(6-9)18-12(13,14)15/h3-6,16-17H,7-8H2,1-2H3. The van der Waals surface area contributed by atoms with Crippen LogP contribution in [0.3, 0.4) is 0 Å². The van der Waals surface area contributed by atoms with E-state index in [0.717, 1.165) is 0 Å². The van der Waals surface area contributed by atoms with Gasteiger partial charge in [0.05, 0.1) is 0 Å². The number of alkyl halides is 3. The number of hydrogen-bond acceptors (Lipinski definition) is 3. The molecule has 1 rings (SSSR count). The normalized spacial score (nSPS) is 12.3. The Hall–Kier alpha value is -1.43. The van der Waals surface area contributed by atoms with E-state index in [-0.39, 0.29) is 17.8 Å². The molecule has 0 atom stereocenters. The van der Waals surface area contributed by atoms with Gasteiger partial charge in [-0.3, -0.25) is 0 Å². The van der Waals surface area contributed by atoms with Gasteiger partial charge in [-0.05, 0) is 12.1 Å². The van der Waals surface area contributed by atoms with Crippen molar-refractivity contribution in [2.24, 2.45) is 5.41 Å². The minimum Gasteiger partial charge on any atom is -0.406 e. The Labute approximate surface area is 104 Å². The van der Waals surface area contributed by atoms with Gasteiger partial charge in [-0.2, -0.15) is 0 Å². The van der Waals surface area contributed by atoms with Crippen LogP contribution in [0, 0.1) is 5.41 Å². The molecule has 0 bridgehead atoms. The Morgan fingerprint density at radius 2 is 1.94 bits per heavy atom. The third-order valence-corrected chi connectivity index (χ3v) is 2.27. The molecule has 0 saturated heterocycles. The minimum absolute atomic E-state index is 0.0151. The molecule has 2 N–H and O–H groups in total. The maximum Gasteiger partial charge on any atom is 0.573 e. The molecule has 0 aliphatic carbocycles. The van der Waals surface area contributed by atoms with Crippen molar-refractivity contribution in [3.05, 3.63) is 24.3 Å². The highest BCUT2D eigenvalue weighted by Gasteiger charge is 2.31. The van der Waals surface area contributed by atoms with Gasteiger partial charge in [-0.25, -0.2) is 0 Å². The Morgan fingerprint density at radius 3 is 2.50 bits per heavy atom. The average molecular weight is 263 g/mol. The highest BCUT2D eigenvalue weighted by molar-refractivity contribution is 5.48. The Balaban J connectivity index is 2.65. The van der Waals surface area contributed by atoms with Crippen LogP contribution in [0.5, 0.6) is 5.75 Å². The molecule has 0 saturated carbocycles. The minimum atomic E-state index is -4.69. The molecule has 0 spiro atoms. The van der Waals surface area contributed by atoms with Crippen molar-refractivity contribution < 1.29 is 23.0 Å². The fourth-order valence-electron chi connectivity index (χ4n) is 1.20. The van der Waals surface area contributed by atoms with Crippen molar-refractivity contribution in [1.29, 1.82) is 0 Å². The largest absolute Gasteiger partial charge is 0.573 e. The number of aliphatic hydroxyl groups is 1. The van der Waals surface area contributed by atoms with Crippen molar-refractivity contribution in [1.82, 2.24) is 0 Å². The lowest BCUT2D eigenvalue weighted by Crippen LogP contribution is -2.26. The van der Waals surface area contributed by atoms with E-state index in [1.165, 1.54) is 18.2 Å². The summed E-state index contributed by atoms with van der Waals surface area (Å²) in [6.45, 7) is 4.11. The summed E-state index contributed by atoms with van der Waals surface area (Å²) in [5.74, 6) is -0.269. The lowest BCUT2D eigenvalue weighted by Gasteiger charge is -2.22. The molecule has 1 aromatic carbocycles. The van der Waals surface area contributed by atoms with E-state index < -0.39 is 6.36 Å². The first-order valence-electron chi connectivity index (χ1n) is 5.42. The third-order valence-electron chi connectivity index (χ3n) is 2.27. The number of rotatable bonds is 5. The van der Waals surface area contributed by atoms with Gasteiger partial charge in [-0.15, -0.1) is 13.2 Å². The van der Waals surface area contributed by atoms with Crippen LogP contribution < -0.4 is 10.1 Å². The molecule has 6 heteroatoms. The number of halogens is 3. The van der Waals surface area contributed by atoms with Crippen molar-refractivity contribution >= 4 is 5.69 Å². The van der Waals surface area contributed by atoms with Crippen LogP contribution in [0.4, 0.5) is 18.9 Å². The van der Waals surface area contributed by atoms with Gasteiger partial charge in [0, 0.05) is 30.3 Å². The first kappa shape index (κ1) is 14.6. The smallest absolute Gasteiger partial charge is 0.406 e. The lowest BCUT2D eigenvalue weighted by molar-refractivity contribution is -0.274. The molecule has 0 aromatic heterocycles. The third kappa shape index (κ3) is 5.27. The predicted octanol–water partition coefficient (Wildman–Crippen LogP) is 3.02. The second-order valence-electron chi connectivity index (χ2n) is 4.75. The van der Waals surface area contributed by atoms with Crippen LogP contribution in [0.15, 0.2) is 24.3 Å². The summed E-state index contributed by atoms with van der Waals surface area (Å²) in [6, 6.07) is 5.60. The zero-order valence-corrected chi connectivity index (χ0v) is 10.2. The van der Waals surface area contributed by atoms with E-state index in [9.17, 15) is 13.2 Å². The van der Waals surface area contributed by atoms with Crippen LogP contribution >= 0.6 is 0 Å². The monoisotopic (exact) mass is 263 g/mol. The average Bonchev–Trinajstić information content (AvgIpc) is 2.25. The molecule has 0 aliphatic heterocycles. The molecule has 0 unspecified atom stereocenters. The molecule has 0 fully saturated rings. The number of benzene rings is 1. The number of aliphatic hydroxyl groups excluding tert-OH is 1. The Bertz CT molecular complexity index is 391. The zero-order valence-electron chi connectivity index (χ0n) is 10.2. The second-order valence-corrected chi connectivity index (χ2v) is 4.75. The zero-order chi connectivity index (χ0) is 13.8. The van der Waals surface area contributed by atoms with Gasteiger partial charge >= 0.3 is 6.36 Å². The molecule has 1 aromatic rings. The SMILES string of the molecule is CC(C)(CO)CNc1cccc(OC(F)(F)F)c1. The molecule has 0 aliphatic rings. The molecule has 3 nitrogen and oxygen atoms in total. The lowest BCUT2D eigenvalue weighted by atomic mass is 9.95. The van der Waals surface area contributed by atoms with Crippen LogP contribution in [0.25, 0.3) is 0 Å². The first-order chi connectivity index (χ1) is 8.22. The van der Waals surface area contributed by atoms with Gasteiger partial charge in [0.25, 0.3) is 0 Å². The highest BCUT2D eigenvalue weighted by atomic mass is 19.4. The maximum absolute atomic E-state index is 12.0. The van der Waals surface area contributed by atoms with Gasteiger partial charge in [0.1, 0.15) is 5.75 Å². The van der Waals surface area contributed by atoms with Crippen LogP contribution in [0.2, 0.25) is 0 Å². The summed E-state index contributed by atoms with van der Waals surface area (Å²) in [7, 11) is 0. The molecule has 0 amide bonds. The summed E-state index contributed by atoms with van der Waals surface area (Å²) in [4.78, 5) is 0. The van der Waals surface area contributed by atoms with E-state index in [1.807, 2.05) is 13.8 Å². The molecular formula is C12H16F3NO2. The van der Waals surface area contributed by atoms with Crippen LogP contribution in [0.1, 0.15) is 13.8 Å². The summed E-state index contributed by atoms with van der Waals surface area (Å²) in [6.07, 6.45) is -4.69. The molecular weight excluding hydrogens is 247 g/mol. The van der Waals surface area contributed by atoms with Crippen LogP contribution in [-0.4, -0.2) is 24.6 Å². The summed E-state index contributed by atoms with van der Waals surface area (Å²) >= 11 is 0. The number of ether oxygens (including phenoxy) is 1. The molecule has 102 valence electrons. The predicted molar refractivity (Wildman–Crippen MR) is 62.5 cm³/mol. The molecule has 0 heterocycles. The van der Waals surface area contributed by atoms with Gasteiger partial charge in [-0.1, -0.05) is 19.9 Å².